The van der Waals surface area contributed by atoms with Gasteiger partial charge in [0.25, 0.3) is 6.43 Å². The molecule has 2 heterocycles. The molecule has 2 aliphatic heterocycles. The van der Waals surface area contributed by atoms with Gasteiger partial charge in [-0.1, -0.05) is 13.8 Å². The summed E-state index contributed by atoms with van der Waals surface area (Å²) in [5.74, 6) is -6.42. The van der Waals surface area contributed by atoms with Gasteiger partial charge in [-0.3, -0.25) is 28.7 Å². The molecule has 0 radical (unpaired) electrons. The van der Waals surface area contributed by atoms with Gasteiger partial charge in [0.15, 0.2) is 5.78 Å². The first-order valence-electron chi connectivity index (χ1n) is 12.1. The molecule has 38 heavy (non-hydrogen) atoms. The molecular formula is C23H31F5N4O6. The van der Waals surface area contributed by atoms with E-state index in [1.165, 1.54) is 0 Å². The molecule has 3 fully saturated rings. The summed E-state index contributed by atoms with van der Waals surface area (Å²) in [6.45, 7) is 4.56. The van der Waals surface area contributed by atoms with Crippen molar-refractivity contribution in [1.29, 1.82) is 0 Å². The van der Waals surface area contributed by atoms with Crippen molar-refractivity contribution in [3.05, 3.63) is 0 Å². The third-order valence-electron chi connectivity index (χ3n) is 7.68. The van der Waals surface area contributed by atoms with E-state index >= 15 is 0 Å². The van der Waals surface area contributed by atoms with E-state index in [9.17, 15) is 45.9 Å². The number of carbonyl (C=O) groups is 5. The minimum absolute atomic E-state index is 0.0298. The fraction of sp³-hybridized carbons (Fsp3) is 0.783. The van der Waals surface area contributed by atoms with Gasteiger partial charge in [-0.2, -0.15) is 0 Å². The molecule has 0 unspecified atom stereocenters. The number of alkyl halides is 5. The Morgan fingerprint density at radius 3 is 2.34 bits per heavy atom. The second-order valence-electron chi connectivity index (χ2n) is 11.1. The Morgan fingerprint density at radius 2 is 1.82 bits per heavy atom. The maximum atomic E-state index is 13.4. The number of carbonyl (C=O) groups excluding carboxylic acids is 5. The molecule has 3 N–H and O–H groups in total. The van der Waals surface area contributed by atoms with Crippen LogP contribution in [0.5, 0.6) is 0 Å². The smallest absolute Gasteiger partial charge is 0.356 e. The van der Waals surface area contributed by atoms with Crippen molar-refractivity contribution in [2.45, 2.75) is 70.9 Å². The molecule has 1 aliphatic carbocycles. The zero-order valence-corrected chi connectivity index (χ0v) is 21.3. The number of nitrogens with zero attached hydrogens (tertiary/aromatic N) is 1. The molecule has 0 spiro atoms. The highest BCUT2D eigenvalue weighted by Gasteiger charge is 2.69. The Labute approximate surface area is 215 Å². The Morgan fingerprint density at radius 1 is 1.18 bits per heavy atom. The van der Waals surface area contributed by atoms with Gasteiger partial charge < -0.3 is 20.9 Å². The third kappa shape index (κ3) is 6.24. The highest BCUT2D eigenvalue weighted by atomic mass is 19.4. The average molecular weight is 555 g/mol. The van der Waals surface area contributed by atoms with Gasteiger partial charge in [-0.15, -0.1) is 13.2 Å². The van der Waals surface area contributed by atoms with Gasteiger partial charge in [-0.25, -0.2) is 8.78 Å². The lowest BCUT2D eigenvalue weighted by Gasteiger charge is -2.32. The van der Waals surface area contributed by atoms with Crippen LogP contribution in [0.4, 0.5) is 22.0 Å². The van der Waals surface area contributed by atoms with Crippen molar-refractivity contribution < 1.29 is 50.7 Å². The zero-order chi connectivity index (χ0) is 28.8. The molecule has 0 aromatic rings. The fourth-order valence-electron chi connectivity index (χ4n) is 5.26. The van der Waals surface area contributed by atoms with Crippen molar-refractivity contribution >= 4 is 29.4 Å². The Hall–Kier alpha value is -2.84. The first-order valence-corrected chi connectivity index (χ1v) is 12.1. The van der Waals surface area contributed by atoms with E-state index < -0.39 is 83.7 Å². The molecule has 214 valence electrons. The number of piperidine rings is 1. The van der Waals surface area contributed by atoms with E-state index in [2.05, 4.69) is 15.4 Å². The van der Waals surface area contributed by atoms with Crippen molar-refractivity contribution in [1.82, 2.24) is 20.9 Å². The summed E-state index contributed by atoms with van der Waals surface area (Å²) in [4.78, 5) is 64.4. The van der Waals surface area contributed by atoms with Crippen molar-refractivity contribution in [3.63, 3.8) is 0 Å². The summed E-state index contributed by atoms with van der Waals surface area (Å²) in [7, 11) is 0. The van der Waals surface area contributed by atoms with Crippen LogP contribution in [0.2, 0.25) is 0 Å². The van der Waals surface area contributed by atoms with Crippen LogP contribution in [0.3, 0.4) is 0 Å². The summed E-state index contributed by atoms with van der Waals surface area (Å²) in [6, 6.07) is -2.82. The van der Waals surface area contributed by atoms with Crippen LogP contribution in [0.15, 0.2) is 0 Å². The molecule has 3 rings (SSSR count). The van der Waals surface area contributed by atoms with Crippen LogP contribution in [0.1, 0.15) is 40.5 Å². The highest BCUT2D eigenvalue weighted by molar-refractivity contribution is 6.35. The van der Waals surface area contributed by atoms with Gasteiger partial charge in [0.2, 0.25) is 11.8 Å². The quantitative estimate of drug-likeness (QED) is 0.285. The van der Waals surface area contributed by atoms with E-state index in [1.807, 2.05) is 19.2 Å². The number of hydrogen-bond acceptors (Lipinski definition) is 6. The molecular weight excluding hydrogens is 523 g/mol. The number of Topliss-reactive ketones (excluding diaryl/α,β-unsaturated/α-hetero) is 1. The zero-order valence-electron chi connectivity index (χ0n) is 21.3. The van der Waals surface area contributed by atoms with Gasteiger partial charge in [0.05, 0.1) is 11.6 Å². The van der Waals surface area contributed by atoms with E-state index in [1.54, 1.807) is 0 Å². The molecule has 0 bridgehead atoms. The van der Waals surface area contributed by atoms with E-state index in [0.717, 1.165) is 18.7 Å². The predicted octanol–water partition coefficient (Wildman–Crippen LogP) is 0.746. The number of ketones is 1. The topological polar surface area (TPSA) is 134 Å². The summed E-state index contributed by atoms with van der Waals surface area (Å²) in [6.07, 6.45) is -8.08. The van der Waals surface area contributed by atoms with Crippen LogP contribution in [-0.4, -0.2) is 84.4 Å². The van der Waals surface area contributed by atoms with Crippen LogP contribution < -0.4 is 16.0 Å². The molecule has 10 nitrogen and oxygen atoms in total. The monoisotopic (exact) mass is 554 g/mol. The molecule has 0 aromatic carbocycles. The lowest BCUT2D eigenvalue weighted by molar-refractivity contribution is -0.321. The summed E-state index contributed by atoms with van der Waals surface area (Å²) in [5.41, 5.74) is -2.45. The van der Waals surface area contributed by atoms with Crippen LogP contribution in [0, 0.1) is 23.2 Å². The third-order valence-corrected chi connectivity index (χ3v) is 7.68. The molecule has 3 aliphatic rings. The van der Waals surface area contributed by atoms with Gasteiger partial charge >= 0.3 is 18.2 Å². The van der Waals surface area contributed by atoms with Crippen LogP contribution in [0.25, 0.3) is 0 Å². The molecule has 15 heteroatoms. The number of halogens is 5. The fourth-order valence-corrected chi connectivity index (χ4v) is 5.26. The molecule has 1 saturated carbocycles. The second kappa shape index (κ2) is 10.4. The summed E-state index contributed by atoms with van der Waals surface area (Å²) < 4.78 is 67.6. The average Bonchev–Trinajstić information content (AvgIpc) is 3.15. The van der Waals surface area contributed by atoms with E-state index in [-0.39, 0.29) is 18.9 Å². The standard InChI is InChI=1S/C23H31F5N4O6/c1-21(2)11-8-32(19(37)18(36)31-22(3,4)20(24)25)15(14(11)21)17(35)30-12(7-10-5-6-29-16(10)34)13(33)9-38-23(26,27)28/h10-12,14-15,20H,5-9H2,1-4H3,(H,29,34)(H,30,35)(H,31,36)/t10-,11-,12-,14-,15-/m0/s1. The van der Waals surface area contributed by atoms with Gasteiger partial charge in [0, 0.05) is 19.0 Å². The molecule has 4 amide bonds. The van der Waals surface area contributed by atoms with Crippen LogP contribution >= 0.6 is 0 Å². The molecule has 2 saturated heterocycles. The van der Waals surface area contributed by atoms with Crippen molar-refractivity contribution in [2.24, 2.45) is 23.2 Å². The normalized spacial score (nSPS) is 27.0. The molecule has 5 atom stereocenters. The van der Waals surface area contributed by atoms with E-state index in [4.69, 9.17) is 0 Å². The van der Waals surface area contributed by atoms with Crippen molar-refractivity contribution in [2.75, 3.05) is 19.7 Å². The van der Waals surface area contributed by atoms with Gasteiger partial charge in [0.1, 0.15) is 12.6 Å². The minimum Gasteiger partial charge on any atom is -0.356 e. The second-order valence-corrected chi connectivity index (χ2v) is 11.1. The maximum Gasteiger partial charge on any atom is 0.522 e. The van der Waals surface area contributed by atoms with Crippen LogP contribution in [-0.2, 0) is 28.7 Å². The lowest BCUT2D eigenvalue weighted by Crippen LogP contribution is -2.59. The number of amides is 4. The first kappa shape index (κ1) is 29.7. The summed E-state index contributed by atoms with van der Waals surface area (Å²) >= 11 is 0. The lowest BCUT2D eigenvalue weighted by atomic mass is 9.94. The Bertz CT molecular complexity index is 1000. The number of ether oxygens (including phenoxy) is 1. The van der Waals surface area contributed by atoms with Gasteiger partial charge in [-0.05, 0) is 43.9 Å². The Balaban J connectivity index is 1.79. The largest absolute Gasteiger partial charge is 0.522 e. The number of hydrogen-bond donors (Lipinski definition) is 3. The number of likely N-dealkylation sites (tertiary alicyclic amines) is 1. The number of nitrogens with one attached hydrogen (secondary N) is 3. The first-order chi connectivity index (χ1) is 17.4. The number of fused-ring (bicyclic) bond motifs is 1. The number of rotatable bonds is 9. The Kier molecular flexibility index (Phi) is 8.11. The highest BCUT2D eigenvalue weighted by Crippen LogP contribution is 2.64. The summed E-state index contributed by atoms with van der Waals surface area (Å²) in [5, 5.41) is 6.86. The van der Waals surface area contributed by atoms with Crippen molar-refractivity contribution in [3.8, 4) is 0 Å². The minimum atomic E-state index is -5.10. The van der Waals surface area contributed by atoms with E-state index in [0.29, 0.717) is 13.0 Å². The SMILES string of the molecule is CC(C)(NC(=O)C(=O)N1C[C@H]2[C@@H]([C@H]1C(=O)N[C@@H](C[C@@H]1CCNC1=O)C(=O)COC(F)(F)F)C2(C)C)C(F)F. The molecule has 0 aromatic heterocycles. The maximum absolute atomic E-state index is 13.4. The predicted molar refractivity (Wildman–Crippen MR) is 119 cm³/mol.